The van der Waals surface area contributed by atoms with E-state index in [-0.39, 0.29) is 17.7 Å². The minimum atomic E-state index is -0.325. The smallest absolute Gasteiger partial charge is 0.255 e. The Morgan fingerprint density at radius 1 is 1.02 bits per heavy atom. The molecule has 5 rings (SSSR count). The van der Waals surface area contributed by atoms with Gasteiger partial charge >= 0.3 is 0 Å². The van der Waals surface area contributed by atoms with Crippen LogP contribution in [-0.2, 0) is 6.54 Å². The lowest BCUT2D eigenvalue weighted by Crippen LogP contribution is -2.29. The normalized spacial score (nSPS) is 11.2. The highest BCUT2D eigenvalue weighted by Crippen LogP contribution is 2.38. The van der Waals surface area contributed by atoms with Crippen molar-refractivity contribution in [1.82, 2.24) is 24.4 Å². The molecule has 234 valence electrons. The van der Waals surface area contributed by atoms with Crippen LogP contribution in [0, 0.1) is 0 Å². The van der Waals surface area contributed by atoms with Gasteiger partial charge in [0.1, 0.15) is 10.9 Å². The second-order valence-electron chi connectivity index (χ2n) is 10.8. The number of fused-ring (bicyclic) bond motifs is 1. The van der Waals surface area contributed by atoms with Gasteiger partial charge in [-0.1, -0.05) is 29.8 Å². The van der Waals surface area contributed by atoms with Crippen LogP contribution in [0.1, 0.15) is 16.8 Å². The molecule has 3 heterocycles. The van der Waals surface area contributed by atoms with Gasteiger partial charge in [0.05, 0.1) is 29.9 Å². The van der Waals surface area contributed by atoms with Crippen LogP contribution in [0.25, 0.3) is 22.2 Å². The number of aromatic nitrogens is 4. The molecule has 5 aromatic rings. The third kappa shape index (κ3) is 7.51. The molecule has 0 aliphatic carbocycles. The molecule has 0 aliphatic heterocycles. The van der Waals surface area contributed by atoms with Gasteiger partial charge in [0.15, 0.2) is 0 Å². The van der Waals surface area contributed by atoms with Gasteiger partial charge < -0.3 is 34.8 Å². The Bertz CT molecular complexity index is 1790. The van der Waals surface area contributed by atoms with E-state index in [1.807, 2.05) is 51.5 Å². The number of carbonyl (C=O) groups excluding carboxylic acids is 1. The summed E-state index contributed by atoms with van der Waals surface area (Å²) >= 11 is 6.06. The van der Waals surface area contributed by atoms with Crippen molar-refractivity contribution in [3.8, 4) is 17.0 Å². The minimum absolute atomic E-state index is 0.119. The summed E-state index contributed by atoms with van der Waals surface area (Å²) in [5, 5.41) is 17.0. The molecule has 0 saturated carbocycles. The molecule has 12 heteroatoms. The molecule has 11 nitrogen and oxygen atoms in total. The van der Waals surface area contributed by atoms with Crippen LogP contribution < -0.4 is 20.3 Å². The molecule has 0 fully saturated rings. The first-order chi connectivity index (χ1) is 21.8. The Hall–Kier alpha value is -4.71. The molecule has 0 saturated heterocycles. The van der Waals surface area contributed by atoms with E-state index in [0.29, 0.717) is 48.1 Å². The summed E-state index contributed by atoms with van der Waals surface area (Å²) in [6.07, 6.45) is 5.92. The van der Waals surface area contributed by atoms with Crippen LogP contribution >= 0.6 is 11.6 Å². The molecule has 0 radical (unpaired) electrons. The second kappa shape index (κ2) is 14.4. The molecular formula is C33H37ClN8O3. The molecule has 3 N–H and O–H groups in total. The van der Waals surface area contributed by atoms with Crippen LogP contribution in [0.5, 0.6) is 5.75 Å². The first kappa shape index (κ1) is 31.7. The number of aliphatic hydroxyl groups is 1. The molecule has 0 aliphatic rings. The standard InChI is InChI=1S/C33H37ClN8O3/c1-40(2)15-16-41(3)29-20-30(45-4)27(19-26(29)37-32(44)22-10-12-35-31(34)18-22)39-33-36-13-11-25(38-33)24-21-42(14-7-17-43)28-9-6-5-8-23(24)28/h5-6,8-13,18-21,43H,7,14-17H2,1-4H3,(H,37,44)(H,36,38,39). The number of nitrogens with one attached hydrogen (secondary N) is 2. The molecule has 1 amide bonds. The summed E-state index contributed by atoms with van der Waals surface area (Å²) < 4.78 is 7.92. The van der Waals surface area contributed by atoms with Crippen molar-refractivity contribution in [2.24, 2.45) is 0 Å². The molecular weight excluding hydrogens is 592 g/mol. The molecule has 0 bridgehead atoms. The largest absolute Gasteiger partial charge is 0.494 e. The lowest BCUT2D eigenvalue weighted by atomic mass is 10.1. The van der Waals surface area contributed by atoms with Gasteiger partial charge in [-0.15, -0.1) is 0 Å². The fraction of sp³-hybridized carbons (Fsp3) is 0.273. The zero-order chi connectivity index (χ0) is 31.9. The summed E-state index contributed by atoms with van der Waals surface area (Å²) in [5.74, 6) is 0.597. The van der Waals surface area contributed by atoms with Gasteiger partial charge in [0.25, 0.3) is 5.91 Å². The van der Waals surface area contributed by atoms with Crippen molar-refractivity contribution in [2.75, 3.05) is 63.5 Å². The Kier molecular flexibility index (Phi) is 10.1. The van der Waals surface area contributed by atoms with E-state index < -0.39 is 0 Å². The zero-order valence-corrected chi connectivity index (χ0v) is 26.5. The highest BCUT2D eigenvalue weighted by atomic mass is 35.5. The number of rotatable bonds is 13. The lowest BCUT2D eigenvalue weighted by molar-refractivity contribution is 0.102. The molecule has 45 heavy (non-hydrogen) atoms. The van der Waals surface area contributed by atoms with Gasteiger partial charge in [-0.25, -0.2) is 15.0 Å². The number of likely N-dealkylation sites (N-methyl/N-ethyl adjacent to an activating group) is 2. The van der Waals surface area contributed by atoms with Crippen LogP contribution in [0.3, 0.4) is 0 Å². The number of amides is 1. The van der Waals surface area contributed by atoms with E-state index in [0.717, 1.165) is 34.4 Å². The number of pyridine rings is 1. The van der Waals surface area contributed by atoms with Crippen LogP contribution in [0.4, 0.5) is 23.0 Å². The number of aliphatic hydroxyl groups excluding tert-OH is 1. The van der Waals surface area contributed by atoms with Gasteiger partial charge in [0, 0.05) is 80.0 Å². The average molecular weight is 629 g/mol. The van der Waals surface area contributed by atoms with E-state index in [1.165, 1.54) is 12.3 Å². The number of carbonyl (C=O) groups is 1. The second-order valence-corrected chi connectivity index (χ2v) is 11.2. The maximum absolute atomic E-state index is 13.3. The number of hydrogen-bond acceptors (Lipinski definition) is 9. The molecule has 0 unspecified atom stereocenters. The number of aryl methyl sites for hydroxylation is 1. The summed E-state index contributed by atoms with van der Waals surface area (Å²) in [6, 6.07) is 16.8. The van der Waals surface area contributed by atoms with Crippen molar-refractivity contribution >= 4 is 51.4 Å². The number of para-hydroxylation sites is 1. The third-order valence-electron chi connectivity index (χ3n) is 7.37. The molecule has 3 aromatic heterocycles. The average Bonchev–Trinajstić information content (AvgIpc) is 3.41. The fourth-order valence-corrected chi connectivity index (χ4v) is 5.20. The number of anilines is 4. The number of ether oxygens (including phenoxy) is 1. The van der Waals surface area contributed by atoms with Gasteiger partial charge in [-0.05, 0) is 50.8 Å². The summed E-state index contributed by atoms with van der Waals surface area (Å²) in [6.45, 7) is 2.33. The van der Waals surface area contributed by atoms with E-state index in [9.17, 15) is 9.90 Å². The topological polar surface area (TPSA) is 121 Å². The first-order valence-corrected chi connectivity index (χ1v) is 14.9. The van der Waals surface area contributed by atoms with Crippen molar-refractivity contribution < 1.29 is 14.6 Å². The number of methoxy groups -OCH3 is 1. The highest BCUT2D eigenvalue weighted by Gasteiger charge is 2.19. The van der Waals surface area contributed by atoms with Crippen molar-refractivity contribution in [3.63, 3.8) is 0 Å². The maximum Gasteiger partial charge on any atom is 0.255 e. The van der Waals surface area contributed by atoms with Gasteiger partial charge in [-0.2, -0.15) is 0 Å². The van der Waals surface area contributed by atoms with E-state index in [4.69, 9.17) is 21.3 Å². The monoisotopic (exact) mass is 628 g/mol. The van der Waals surface area contributed by atoms with Gasteiger partial charge in [-0.3, -0.25) is 4.79 Å². The number of nitrogens with zero attached hydrogens (tertiary/aromatic N) is 6. The third-order valence-corrected chi connectivity index (χ3v) is 7.58. The SMILES string of the molecule is COc1cc(N(C)CCN(C)C)c(NC(=O)c2ccnc(Cl)c2)cc1Nc1nccc(-c2cn(CCCO)c3ccccc23)n1. The summed E-state index contributed by atoms with van der Waals surface area (Å²) in [5.41, 5.74) is 5.08. The Balaban J connectivity index is 1.51. The minimum Gasteiger partial charge on any atom is -0.494 e. The summed E-state index contributed by atoms with van der Waals surface area (Å²) in [7, 11) is 7.59. The van der Waals surface area contributed by atoms with Gasteiger partial charge in [0.2, 0.25) is 5.95 Å². The summed E-state index contributed by atoms with van der Waals surface area (Å²) in [4.78, 5) is 30.8. The Morgan fingerprint density at radius 2 is 1.82 bits per heavy atom. The predicted octanol–water partition coefficient (Wildman–Crippen LogP) is 5.53. The van der Waals surface area contributed by atoms with E-state index >= 15 is 0 Å². The molecule has 2 aromatic carbocycles. The van der Waals surface area contributed by atoms with Crippen LogP contribution in [-0.4, -0.2) is 83.4 Å². The van der Waals surface area contributed by atoms with Crippen molar-refractivity contribution in [3.05, 3.63) is 83.9 Å². The van der Waals surface area contributed by atoms with E-state index in [1.54, 1.807) is 19.4 Å². The zero-order valence-electron chi connectivity index (χ0n) is 25.8. The first-order valence-electron chi connectivity index (χ1n) is 14.6. The Labute approximate surface area is 267 Å². The predicted molar refractivity (Wildman–Crippen MR) is 180 cm³/mol. The quantitative estimate of drug-likeness (QED) is 0.145. The molecule has 0 spiro atoms. The number of benzene rings is 2. The lowest BCUT2D eigenvalue weighted by Gasteiger charge is -2.26. The Morgan fingerprint density at radius 3 is 2.58 bits per heavy atom. The fourth-order valence-electron chi connectivity index (χ4n) is 5.03. The van der Waals surface area contributed by atoms with Crippen molar-refractivity contribution in [1.29, 1.82) is 0 Å². The van der Waals surface area contributed by atoms with E-state index in [2.05, 4.69) is 53.3 Å². The van der Waals surface area contributed by atoms with Crippen LogP contribution in [0.15, 0.2) is 73.2 Å². The molecule has 0 atom stereocenters. The van der Waals surface area contributed by atoms with Crippen LogP contribution in [0.2, 0.25) is 5.15 Å². The number of hydrogen-bond donors (Lipinski definition) is 3. The maximum atomic E-state index is 13.3. The van der Waals surface area contributed by atoms with Crippen molar-refractivity contribution in [2.45, 2.75) is 13.0 Å². The highest BCUT2D eigenvalue weighted by molar-refractivity contribution is 6.29. The number of halogens is 1.